The van der Waals surface area contributed by atoms with Gasteiger partial charge in [0.1, 0.15) is 29.0 Å². The summed E-state index contributed by atoms with van der Waals surface area (Å²) in [7, 11) is 0. The molecular weight excluding hydrogens is 408 g/mol. The molecule has 3 rings (SSSR count). The van der Waals surface area contributed by atoms with Crippen LogP contribution in [0.4, 0.5) is 8.78 Å². The van der Waals surface area contributed by atoms with Crippen LogP contribution in [0.1, 0.15) is 73.4 Å². The van der Waals surface area contributed by atoms with Crippen LogP contribution in [0.2, 0.25) is 0 Å². The zero-order chi connectivity index (χ0) is 22.9. The lowest BCUT2D eigenvalue weighted by atomic mass is 9.80. The number of nitriles is 1. The Kier molecular flexibility index (Phi) is 8.56. The molecule has 1 saturated carbocycles. The Bertz CT molecular complexity index is 961. The van der Waals surface area contributed by atoms with Gasteiger partial charge in [-0.3, -0.25) is 0 Å². The maximum atomic E-state index is 13.7. The topological polar surface area (TPSA) is 50.1 Å². The first-order valence-corrected chi connectivity index (χ1v) is 11.4. The Hall–Kier alpha value is -3.00. The minimum atomic E-state index is -1.06. The number of benzene rings is 2. The average molecular weight is 438 g/mol. The highest BCUT2D eigenvalue weighted by atomic mass is 19.1. The first kappa shape index (κ1) is 23.7. The summed E-state index contributed by atoms with van der Waals surface area (Å²) in [5, 5.41) is 8.71. The standard InChI is InChI=1S/C27H29F2NO2/c1-2-5-19-8-10-20(11-9-19)6-3-4-7-21-12-14-22(15-13-21)27(31)32-23-16-25(28)24(18-30)26(29)17-23/h3,6,12-17,19-20H,2,4-5,7-11H2,1H3. The molecule has 1 aliphatic carbocycles. The number of nitrogens with zero attached hydrogens (tertiary/aromatic N) is 1. The molecule has 2 aromatic rings. The van der Waals surface area contributed by atoms with Crippen LogP contribution in [0.3, 0.4) is 0 Å². The second kappa shape index (κ2) is 11.6. The minimum absolute atomic E-state index is 0.276. The fourth-order valence-corrected chi connectivity index (χ4v) is 4.31. The van der Waals surface area contributed by atoms with E-state index in [4.69, 9.17) is 10.00 Å². The number of carbonyl (C=O) groups is 1. The number of hydrogen-bond acceptors (Lipinski definition) is 3. The van der Waals surface area contributed by atoms with E-state index < -0.39 is 23.2 Å². The number of aryl methyl sites for hydroxylation is 1. The Labute approximate surface area is 188 Å². The van der Waals surface area contributed by atoms with Crippen LogP contribution >= 0.6 is 0 Å². The third kappa shape index (κ3) is 6.50. The Morgan fingerprint density at radius 3 is 2.38 bits per heavy atom. The van der Waals surface area contributed by atoms with Gasteiger partial charge in [-0.1, -0.05) is 44.1 Å². The fraction of sp³-hybridized carbons (Fsp3) is 0.407. The van der Waals surface area contributed by atoms with Crippen LogP contribution in [0.25, 0.3) is 0 Å². The molecule has 0 atom stereocenters. The highest BCUT2D eigenvalue weighted by molar-refractivity contribution is 5.91. The van der Waals surface area contributed by atoms with Gasteiger partial charge in [-0.15, -0.1) is 0 Å². The van der Waals surface area contributed by atoms with E-state index in [0.29, 0.717) is 11.5 Å². The largest absolute Gasteiger partial charge is 0.423 e. The molecule has 0 amide bonds. The van der Waals surface area contributed by atoms with Crippen molar-refractivity contribution in [2.75, 3.05) is 0 Å². The fourth-order valence-electron chi connectivity index (χ4n) is 4.31. The van der Waals surface area contributed by atoms with Crippen molar-refractivity contribution >= 4 is 5.97 Å². The highest BCUT2D eigenvalue weighted by Crippen LogP contribution is 2.32. The number of halogens is 2. The van der Waals surface area contributed by atoms with Gasteiger partial charge in [0, 0.05) is 12.1 Å². The third-order valence-electron chi connectivity index (χ3n) is 6.12. The van der Waals surface area contributed by atoms with Crippen molar-refractivity contribution in [1.29, 1.82) is 5.26 Å². The van der Waals surface area contributed by atoms with E-state index in [1.54, 1.807) is 12.1 Å². The highest BCUT2D eigenvalue weighted by Gasteiger charge is 2.18. The first-order chi connectivity index (χ1) is 15.5. The summed E-state index contributed by atoms with van der Waals surface area (Å²) >= 11 is 0. The number of rotatable bonds is 8. The second-order valence-corrected chi connectivity index (χ2v) is 8.50. The van der Waals surface area contributed by atoms with E-state index in [1.165, 1.54) is 44.6 Å². The molecule has 0 N–H and O–H groups in total. The molecular formula is C27H29F2NO2. The smallest absolute Gasteiger partial charge is 0.343 e. The summed E-state index contributed by atoms with van der Waals surface area (Å²) in [6, 6.07) is 10.1. The van der Waals surface area contributed by atoms with E-state index in [-0.39, 0.29) is 5.75 Å². The van der Waals surface area contributed by atoms with E-state index in [2.05, 4.69) is 19.1 Å². The summed E-state index contributed by atoms with van der Waals surface area (Å²) in [5.41, 5.74) is 0.694. The van der Waals surface area contributed by atoms with E-state index in [1.807, 2.05) is 12.1 Å². The molecule has 168 valence electrons. The van der Waals surface area contributed by atoms with Crippen molar-refractivity contribution in [2.45, 2.75) is 58.3 Å². The number of hydrogen-bond donors (Lipinski definition) is 0. The van der Waals surface area contributed by atoms with E-state index in [9.17, 15) is 13.6 Å². The zero-order valence-corrected chi connectivity index (χ0v) is 18.4. The lowest BCUT2D eigenvalue weighted by Gasteiger charge is -2.26. The molecule has 32 heavy (non-hydrogen) atoms. The summed E-state index contributed by atoms with van der Waals surface area (Å²) in [6.07, 6.45) is 14.4. The molecule has 0 unspecified atom stereocenters. The molecule has 3 nitrogen and oxygen atoms in total. The second-order valence-electron chi connectivity index (χ2n) is 8.50. The van der Waals surface area contributed by atoms with Gasteiger partial charge in [-0.2, -0.15) is 5.26 Å². The third-order valence-corrected chi connectivity index (χ3v) is 6.12. The van der Waals surface area contributed by atoms with Gasteiger partial charge in [0.2, 0.25) is 0 Å². The van der Waals surface area contributed by atoms with Crippen molar-refractivity contribution in [2.24, 2.45) is 11.8 Å². The van der Waals surface area contributed by atoms with Gasteiger partial charge in [-0.25, -0.2) is 13.6 Å². The molecule has 2 aromatic carbocycles. The first-order valence-electron chi connectivity index (χ1n) is 11.4. The van der Waals surface area contributed by atoms with Crippen LogP contribution in [-0.4, -0.2) is 5.97 Å². The predicted molar refractivity (Wildman–Crippen MR) is 120 cm³/mol. The molecule has 0 saturated heterocycles. The van der Waals surface area contributed by atoms with Crippen molar-refractivity contribution in [3.05, 3.63) is 76.9 Å². The van der Waals surface area contributed by atoms with Crippen molar-refractivity contribution in [3.8, 4) is 11.8 Å². The Morgan fingerprint density at radius 2 is 1.78 bits per heavy atom. The van der Waals surface area contributed by atoms with Gasteiger partial charge in [-0.05, 0) is 68.1 Å². The van der Waals surface area contributed by atoms with E-state index >= 15 is 0 Å². The number of ether oxygens (including phenoxy) is 1. The van der Waals surface area contributed by atoms with Crippen LogP contribution in [0.15, 0.2) is 48.6 Å². The minimum Gasteiger partial charge on any atom is -0.423 e. The lowest BCUT2D eigenvalue weighted by molar-refractivity contribution is 0.0734. The average Bonchev–Trinajstić information content (AvgIpc) is 2.78. The Morgan fingerprint density at radius 1 is 1.12 bits per heavy atom. The molecule has 0 bridgehead atoms. The molecule has 0 heterocycles. The zero-order valence-electron chi connectivity index (χ0n) is 18.4. The van der Waals surface area contributed by atoms with Crippen molar-refractivity contribution < 1.29 is 18.3 Å². The molecule has 0 spiro atoms. The Balaban J connectivity index is 1.47. The predicted octanol–water partition coefficient (Wildman–Crippen LogP) is 7.15. The van der Waals surface area contributed by atoms with Gasteiger partial charge >= 0.3 is 5.97 Å². The molecule has 0 aromatic heterocycles. The summed E-state index contributed by atoms with van der Waals surface area (Å²) in [5.74, 6) is -1.48. The van der Waals surface area contributed by atoms with Crippen LogP contribution in [0, 0.1) is 34.8 Å². The van der Waals surface area contributed by atoms with E-state index in [0.717, 1.165) is 36.5 Å². The SMILES string of the molecule is CCCC1CCC(C=CCCc2ccc(C(=O)Oc3cc(F)c(C#N)c(F)c3)cc2)CC1. The quantitative estimate of drug-likeness (QED) is 0.250. The maximum absolute atomic E-state index is 13.7. The molecule has 1 aliphatic rings. The molecule has 0 aliphatic heterocycles. The van der Waals surface area contributed by atoms with Gasteiger partial charge in [0.25, 0.3) is 0 Å². The number of esters is 1. The lowest BCUT2D eigenvalue weighted by Crippen LogP contribution is -2.12. The maximum Gasteiger partial charge on any atom is 0.343 e. The van der Waals surface area contributed by atoms with Crippen LogP contribution in [0.5, 0.6) is 5.75 Å². The van der Waals surface area contributed by atoms with Crippen molar-refractivity contribution in [1.82, 2.24) is 0 Å². The molecule has 0 radical (unpaired) electrons. The summed E-state index contributed by atoms with van der Waals surface area (Å²) < 4.78 is 32.4. The van der Waals surface area contributed by atoms with Crippen LogP contribution in [-0.2, 0) is 6.42 Å². The van der Waals surface area contributed by atoms with Gasteiger partial charge < -0.3 is 4.74 Å². The van der Waals surface area contributed by atoms with Crippen LogP contribution < -0.4 is 4.74 Å². The monoisotopic (exact) mass is 437 g/mol. The molecule has 5 heteroatoms. The van der Waals surface area contributed by atoms with Gasteiger partial charge in [0.05, 0.1) is 5.56 Å². The van der Waals surface area contributed by atoms with Crippen molar-refractivity contribution in [3.63, 3.8) is 0 Å². The van der Waals surface area contributed by atoms with Gasteiger partial charge in [0.15, 0.2) is 0 Å². The summed E-state index contributed by atoms with van der Waals surface area (Å²) in [6.45, 7) is 2.26. The number of carbonyl (C=O) groups excluding carboxylic acids is 1. The normalized spacial score (nSPS) is 18.4. The number of allylic oxidation sites excluding steroid dienone is 2. The molecule has 1 fully saturated rings. The summed E-state index contributed by atoms with van der Waals surface area (Å²) in [4.78, 5) is 12.3.